The molecule has 0 aromatic heterocycles. The van der Waals surface area contributed by atoms with Crippen molar-refractivity contribution in [2.24, 2.45) is 0 Å². The fraction of sp³-hybridized carbons (Fsp3) is 0.143. The van der Waals surface area contributed by atoms with Crippen molar-refractivity contribution in [3.8, 4) is 0 Å². The average molecular weight is 139 g/mol. The fourth-order valence-corrected chi connectivity index (χ4v) is 0.850. The van der Waals surface area contributed by atoms with E-state index in [0.29, 0.717) is 0 Å². The van der Waals surface area contributed by atoms with Gasteiger partial charge < -0.3 is 5.73 Å². The van der Waals surface area contributed by atoms with Gasteiger partial charge in [0, 0.05) is 10.6 Å². The molecule has 2 N–H and O–H groups in total. The van der Waals surface area contributed by atoms with Crippen molar-refractivity contribution in [1.29, 1.82) is 0 Å². The molecule has 0 heterocycles. The van der Waals surface area contributed by atoms with E-state index in [9.17, 15) is 0 Å². The van der Waals surface area contributed by atoms with Crippen LogP contribution >= 0.6 is 12.6 Å². The molecule has 1 aromatic rings. The molecule has 0 bridgehead atoms. The van der Waals surface area contributed by atoms with Gasteiger partial charge in [-0.25, -0.2) is 0 Å². The Balaban J connectivity index is 3.17. The minimum absolute atomic E-state index is 0.769. The van der Waals surface area contributed by atoms with Crippen LogP contribution in [0.5, 0.6) is 0 Å². The summed E-state index contributed by atoms with van der Waals surface area (Å²) in [6.45, 7) is 2.00. The van der Waals surface area contributed by atoms with Gasteiger partial charge in [-0.2, -0.15) is 0 Å². The zero-order chi connectivity index (χ0) is 6.85. The largest absolute Gasteiger partial charge is 0.399 e. The van der Waals surface area contributed by atoms with E-state index < -0.39 is 0 Å². The Labute approximate surface area is 60.3 Å². The molecule has 0 amide bonds. The fourth-order valence-electron chi connectivity index (χ4n) is 0.626. The van der Waals surface area contributed by atoms with Crippen molar-refractivity contribution >= 4 is 18.3 Å². The summed E-state index contributed by atoms with van der Waals surface area (Å²) in [5.74, 6) is 0. The van der Waals surface area contributed by atoms with Crippen LogP contribution in [0.15, 0.2) is 23.1 Å². The molecule has 1 aromatic carbocycles. The molecule has 9 heavy (non-hydrogen) atoms. The molecule has 0 aliphatic heterocycles. The molecule has 1 nitrogen and oxygen atoms in total. The highest BCUT2D eigenvalue weighted by atomic mass is 32.1. The molecule has 0 unspecified atom stereocenters. The Bertz CT molecular complexity index is 220. The average Bonchev–Trinajstić information content (AvgIpc) is 1.80. The minimum Gasteiger partial charge on any atom is -0.399 e. The molecule has 0 saturated heterocycles. The first-order chi connectivity index (χ1) is 4.20. The van der Waals surface area contributed by atoms with Crippen molar-refractivity contribution in [1.82, 2.24) is 0 Å². The Hall–Kier alpha value is -0.630. The molecule has 1 rings (SSSR count). The third-order valence-corrected chi connectivity index (χ3v) is 1.71. The number of hydrogen-bond acceptors (Lipinski definition) is 2. The van der Waals surface area contributed by atoms with Gasteiger partial charge in [-0.1, -0.05) is 6.07 Å². The van der Waals surface area contributed by atoms with Crippen LogP contribution in [0.4, 0.5) is 5.69 Å². The van der Waals surface area contributed by atoms with Crippen molar-refractivity contribution in [3.63, 3.8) is 0 Å². The summed E-state index contributed by atoms with van der Waals surface area (Å²) >= 11 is 4.19. The molecule has 0 saturated carbocycles. The maximum Gasteiger partial charge on any atom is 0.0325 e. The summed E-state index contributed by atoms with van der Waals surface area (Å²) < 4.78 is 0. The maximum absolute atomic E-state index is 5.48. The second-order valence-electron chi connectivity index (χ2n) is 2.05. The summed E-state index contributed by atoms with van der Waals surface area (Å²) in [5, 5.41) is 0. The highest BCUT2D eigenvalue weighted by Gasteiger charge is 1.90. The molecule has 2 heteroatoms. The second kappa shape index (κ2) is 2.31. The van der Waals surface area contributed by atoms with Crippen LogP contribution in [-0.2, 0) is 0 Å². The highest BCUT2D eigenvalue weighted by Crippen LogP contribution is 2.15. The van der Waals surface area contributed by atoms with Gasteiger partial charge in [0.15, 0.2) is 0 Å². The third kappa shape index (κ3) is 1.39. The smallest absolute Gasteiger partial charge is 0.0325 e. The first-order valence-corrected chi connectivity index (χ1v) is 3.20. The summed E-state index contributed by atoms with van der Waals surface area (Å²) in [5.41, 5.74) is 7.41. The molecule has 0 aliphatic carbocycles. The normalized spacial score (nSPS) is 9.56. The summed E-state index contributed by atoms with van der Waals surface area (Å²) in [4.78, 5) is 0.954. The van der Waals surface area contributed by atoms with E-state index in [-0.39, 0.29) is 0 Å². The van der Waals surface area contributed by atoms with Crippen LogP contribution in [0.25, 0.3) is 0 Å². The van der Waals surface area contributed by atoms with E-state index in [1.165, 1.54) is 0 Å². The molecule has 0 atom stereocenters. The van der Waals surface area contributed by atoms with E-state index >= 15 is 0 Å². The topological polar surface area (TPSA) is 26.0 Å². The monoisotopic (exact) mass is 139 g/mol. The lowest BCUT2D eigenvalue weighted by Crippen LogP contribution is -1.84. The number of benzene rings is 1. The first-order valence-electron chi connectivity index (χ1n) is 2.75. The first kappa shape index (κ1) is 6.49. The van der Waals surface area contributed by atoms with Crippen molar-refractivity contribution < 1.29 is 0 Å². The molecule has 0 radical (unpaired) electrons. The maximum atomic E-state index is 5.48. The number of rotatable bonds is 0. The number of hydrogen-bond donors (Lipinski definition) is 2. The van der Waals surface area contributed by atoms with Gasteiger partial charge >= 0.3 is 0 Å². The van der Waals surface area contributed by atoms with Crippen LogP contribution in [-0.4, -0.2) is 0 Å². The molecular formula is C7H9NS. The molecule has 0 aliphatic rings. The minimum atomic E-state index is 0.769. The van der Waals surface area contributed by atoms with Gasteiger partial charge in [-0.15, -0.1) is 12.6 Å². The van der Waals surface area contributed by atoms with Crippen LogP contribution in [0.3, 0.4) is 0 Å². The van der Waals surface area contributed by atoms with Crippen molar-refractivity contribution in [2.75, 3.05) is 5.73 Å². The quantitative estimate of drug-likeness (QED) is 0.416. The van der Waals surface area contributed by atoms with E-state index in [2.05, 4.69) is 12.6 Å². The van der Waals surface area contributed by atoms with Crippen LogP contribution < -0.4 is 5.73 Å². The number of aryl methyl sites for hydroxylation is 1. The Kier molecular flexibility index (Phi) is 1.67. The molecule has 0 fully saturated rings. The van der Waals surface area contributed by atoms with Crippen LogP contribution in [0, 0.1) is 6.92 Å². The summed E-state index contributed by atoms with van der Waals surface area (Å²) in [7, 11) is 0. The molecule has 48 valence electrons. The van der Waals surface area contributed by atoms with E-state index in [1.54, 1.807) is 0 Å². The van der Waals surface area contributed by atoms with Gasteiger partial charge in [-0.3, -0.25) is 0 Å². The van der Waals surface area contributed by atoms with Crippen LogP contribution in [0.2, 0.25) is 0 Å². The predicted octanol–water partition coefficient (Wildman–Crippen LogP) is 1.87. The zero-order valence-corrected chi connectivity index (χ0v) is 6.15. The lowest BCUT2D eigenvalue weighted by atomic mass is 10.2. The SMILES string of the molecule is Cc1ccc(N)cc1S. The van der Waals surface area contributed by atoms with Gasteiger partial charge in [-0.05, 0) is 24.6 Å². The number of nitrogen functional groups attached to an aromatic ring is 1. The van der Waals surface area contributed by atoms with Crippen molar-refractivity contribution in [3.05, 3.63) is 23.8 Å². The lowest BCUT2D eigenvalue weighted by Gasteiger charge is -1.97. The molecule has 0 spiro atoms. The standard InChI is InChI=1S/C7H9NS/c1-5-2-3-6(8)4-7(5)9/h2-4,9H,8H2,1H3. The van der Waals surface area contributed by atoms with E-state index in [4.69, 9.17) is 5.73 Å². The van der Waals surface area contributed by atoms with Gasteiger partial charge in [0.1, 0.15) is 0 Å². The third-order valence-electron chi connectivity index (χ3n) is 1.23. The summed E-state index contributed by atoms with van der Waals surface area (Å²) in [6, 6.07) is 5.67. The lowest BCUT2D eigenvalue weighted by molar-refractivity contribution is 1.31. The van der Waals surface area contributed by atoms with E-state index in [1.807, 2.05) is 25.1 Å². The van der Waals surface area contributed by atoms with Crippen molar-refractivity contribution in [2.45, 2.75) is 11.8 Å². The van der Waals surface area contributed by atoms with Gasteiger partial charge in [0.25, 0.3) is 0 Å². The zero-order valence-electron chi connectivity index (χ0n) is 5.26. The number of thiol groups is 1. The highest BCUT2D eigenvalue weighted by molar-refractivity contribution is 7.80. The number of nitrogens with two attached hydrogens (primary N) is 1. The Morgan fingerprint density at radius 3 is 2.56 bits per heavy atom. The predicted molar refractivity (Wildman–Crippen MR) is 42.8 cm³/mol. The van der Waals surface area contributed by atoms with Gasteiger partial charge in [0.2, 0.25) is 0 Å². The summed E-state index contributed by atoms with van der Waals surface area (Å²) in [6.07, 6.45) is 0. The number of anilines is 1. The van der Waals surface area contributed by atoms with Crippen LogP contribution in [0.1, 0.15) is 5.56 Å². The second-order valence-corrected chi connectivity index (χ2v) is 2.53. The Morgan fingerprint density at radius 2 is 2.11 bits per heavy atom. The van der Waals surface area contributed by atoms with Gasteiger partial charge in [0.05, 0.1) is 0 Å². The molecular weight excluding hydrogens is 130 g/mol. The Morgan fingerprint density at radius 1 is 1.44 bits per heavy atom. The van der Waals surface area contributed by atoms with E-state index in [0.717, 1.165) is 16.1 Å².